The van der Waals surface area contributed by atoms with Crippen molar-refractivity contribution in [1.29, 1.82) is 0 Å². The summed E-state index contributed by atoms with van der Waals surface area (Å²) in [5.74, 6) is 0.477. The second-order valence-corrected chi connectivity index (χ2v) is 5.85. The highest BCUT2D eigenvalue weighted by Crippen LogP contribution is 2.24. The molecule has 0 aliphatic carbocycles. The molecule has 0 radical (unpaired) electrons. The molecule has 0 spiro atoms. The van der Waals surface area contributed by atoms with E-state index < -0.39 is 11.0 Å². The molecule has 0 aliphatic rings. The third-order valence-electron chi connectivity index (χ3n) is 3.88. The minimum atomic E-state index is -0.647. The highest BCUT2D eigenvalue weighted by molar-refractivity contribution is 5.80. The van der Waals surface area contributed by atoms with Crippen LogP contribution in [0.5, 0.6) is 5.75 Å². The monoisotopic (exact) mass is 346 g/mol. The first-order valence-corrected chi connectivity index (χ1v) is 7.98. The Bertz CT molecular complexity index is 785. The van der Waals surface area contributed by atoms with Crippen molar-refractivity contribution < 1.29 is 14.5 Å². The number of hydrogen-bond acceptors (Lipinski definition) is 5. The maximum Gasteiger partial charge on any atom is 0.312 e. The molecule has 0 saturated carbocycles. The van der Waals surface area contributed by atoms with E-state index in [2.05, 4.69) is 10.4 Å². The molecule has 1 amide bonds. The van der Waals surface area contributed by atoms with Gasteiger partial charge in [-0.3, -0.25) is 19.6 Å². The Labute approximate surface area is 145 Å². The molecule has 0 fully saturated rings. The van der Waals surface area contributed by atoms with Crippen LogP contribution in [0.15, 0.2) is 24.3 Å². The molecule has 0 bridgehead atoms. The van der Waals surface area contributed by atoms with Crippen LogP contribution in [0.2, 0.25) is 0 Å². The summed E-state index contributed by atoms with van der Waals surface area (Å²) in [6.07, 6.45) is 0. The summed E-state index contributed by atoms with van der Waals surface area (Å²) in [6, 6.07) is 7.00. The van der Waals surface area contributed by atoms with Crippen molar-refractivity contribution in [3.8, 4) is 5.75 Å². The van der Waals surface area contributed by atoms with Gasteiger partial charge in [-0.15, -0.1) is 0 Å². The molecule has 1 aromatic heterocycles. The predicted molar refractivity (Wildman–Crippen MR) is 92.8 cm³/mol. The average Bonchev–Trinajstić information content (AvgIpc) is 2.85. The summed E-state index contributed by atoms with van der Waals surface area (Å²) >= 11 is 0. The van der Waals surface area contributed by atoms with Crippen LogP contribution < -0.4 is 10.1 Å². The average molecular weight is 346 g/mol. The van der Waals surface area contributed by atoms with Gasteiger partial charge in [-0.25, -0.2) is 0 Å². The fraction of sp³-hybridized carbons (Fsp3) is 0.412. The van der Waals surface area contributed by atoms with Gasteiger partial charge in [0.1, 0.15) is 29.8 Å². The quantitative estimate of drug-likeness (QED) is 0.472. The fourth-order valence-corrected chi connectivity index (χ4v) is 2.60. The minimum absolute atomic E-state index is 0.0533. The van der Waals surface area contributed by atoms with Gasteiger partial charge in [0.2, 0.25) is 5.91 Å². The number of aromatic nitrogens is 2. The number of nitro groups is 1. The number of carbonyl (C=O) groups excluding carboxylic acids is 1. The molecule has 1 N–H and O–H groups in total. The zero-order chi connectivity index (χ0) is 18.6. The Balaban J connectivity index is 1.90. The van der Waals surface area contributed by atoms with Crippen molar-refractivity contribution in [2.75, 3.05) is 13.2 Å². The Morgan fingerprint density at radius 3 is 2.72 bits per heavy atom. The van der Waals surface area contributed by atoms with E-state index in [0.717, 1.165) is 11.3 Å². The minimum Gasteiger partial charge on any atom is -0.492 e. The maximum absolute atomic E-state index is 12.3. The fourth-order valence-electron chi connectivity index (χ4n) is 2.60. The summed E-state index contributed by atoms with van der Waals surface area (Å²) < 4.78 is 6.95. The van der Waals surface area contributed by atoms with Gasteiger partial charge in [0.05, 0.1) is 11.5 Å². The number of aryl methyl sites for hydroxylation is 2. The van der Waals surface area contributed by atoms with Crippen molar-refractivity contribution in [2.24, 2.45) is 0 Å². The Morgan fingerprint density at radius 2 is 2.12 bits per heavy atom. The Hall–Kier alpha value is -2.90. The molecule has 1 aromatic carbocycles. The van der Waals surface area contributed by atoms with Crippen LogP contribution in [-0.2, 0) is 4.79 Å². The molecule has 1 heterocycles. The van der Waals surface area contributed by atoms with Gasteiger partial charge in [0.15, 0.2) is 0 Å². The first-order chi connectivity index (χ1) is 11.8. The van der Waals surface area contributed by atoms with Gasteiger partial charge >= 0.3 is 5.69 Å². The van der Waals surface area contributed by atoms with E-state index in [1.165, 1.54) is 4.68 Å². The molecule has 1 atom stereocenters. The lowest BCUT2D eigenvalue weighted by atomic mass is 10.2. The lowest BCUT2D eigenvalue weighted by molar-refractivity contribution is -0.386. The van der Waals surface area contributed by atoms with Gasteiger partial charge < -0.3 is 10.1 Å². The van der Waals surface area contributed by atoms with Crippen LogP contribution in [0, 0.1) is 30.9 Å². The van der Waals surface area contributed by atoms with E-state index in [1.807, 2.05) is 31.2 Å². The second-order valence-electron chi connectivity index (χ2n) is 5.85. The van der Waals surface area contributed by atoms with Gasteiger partial charge in [-0.1, -0.05) is 12.1 Å². The van der Waals surface area contributed by atoms with Crippen molar-refractivity contribution in [1.82, 2.24) is 15.1 Å². The first-order valence-electron chi connectivity index (χ1n) is 7.98. The highest BCUT2D eigenvalue weighted by Gasteiger charge is 2.26. The largest absolute Gasteiger partial charge is 0.492 e. The molecule has 2 rings (SSSR count). The number of amides is 1. The summed E-state index contributed by atoms with van der Waals surface area (Å²) in [5, 5.41) is 17.9. The number of ether oxygens (including phenoxy) is 1. The molecule has 134 valence electrons. The molecular formula is C17H22N4O4. The highest BCUT2D eigenvalue weighted by atomic mass is 16.6. The second kappa shape index (κ2) is 7.78. The summed E-state index contributed by atoms with van der Waals surface area (Å²) in [4.78, 5) is 22.8. The van der Waals surface area contributed by atoms with Crippen molar-refractivity contribution in [3.63, 3.8) is 0 Å². The van der Waals surface area contributed by atoms with Gasteiger partial charge in [-0.2, -0.15) is 5.10 Å². The lowest BCUT2D eigenvalue weighted by Gasteiger charge is -2.14. The Kier molecular flexibility index (Phi) is 5.74. The Morgan fingerprint density at radius 1 is 1.40 bits per heavy atom. The van der Waals surface area contributed by atoms with E-state index in [0.29, 0.717) is 24.5 Å². The normalized spacial score (nSPS) is 11.8. The van der Waals surface area contributed by atoms with E-state index in [1.54, 1.807) is 20.8 Å². The van der Waals surface area contributed by atoms with E-state index in [9.17, 15) is 14.9 Å². The SMILES string of the molecule is Cc1cccc(OCCNC(=O)C(C)n2nc(C)c([N+](=O)[O-])c2C)c1. The molecule has 25 heavy (non-hydrogen) atoms. The zero-order valence-electron chi connectivity index (χ0n) is 14.8. The summed E-state index contributed by atoms with van der Waals surface area (Å²) in [7, 11) is 0. The van der Waals surface area contributed by atoms with Crippen LogP contribution in [-0.4, -0.2) is 33.8 Å². The summed E-state index contributed by atoms with van der Waals surface area (Å²) in [5.41, 5.74) is 1.70. The predicted octanol–water partition coefficient (Wildman–Crippen LogP) is 2.47. The standard InChI is InChI=1S/C17H22N4O4/c1-11-6-5-7-15(10-11)25-9-8-18-17(22)14(4)20-13(3)16(21(23)24)12(2)19-20/h5-7,10,14H,8-9H2,1-4H3,(H,18,22). The van der Waals surface area contributed by atoms with Crippen molar-refractivity contribution in [3.05, 3.63) is 51.3 Å². The van der Waals surface area contributed by atoms with Crippen LogP contribution in [0.1, 0.15) is 29.9 Å². The molecule has 0 saturated heterocycles. The van der Waals surface area contributed by atoms with Crippen LogP contribution >= 0.6 is 0 Å². The smallest absolute Gasteiger partial charge is 0.312 e. The number of rotatable bonds is 7. The number of nitrogens with one attached hydrogen (secondary N) is 1. The molecular weight excluding hydrogens is 324 g/mol. The van der Waals surface area contributed by atoms with Crippen LogP contribution in [0.25, 0.3) is 0 Å². The number of carbonyl (C=O) groups is 1. The summed E-state index contributed by atoms with van der Waals surface area (Å²) in [6.45, 7) is 7.44. The van der Waals surface area contributed by atoms with E-state index in [4.69, 9.17) is 4.74 Å². The maximum atomic E-state index is 12.3. The van der Waals surface area contributed by atoms with Crippen LogP contribution in [0.4, 0.5) is 5.69 Å². The van der Waals surface area contributed by atoms with Crippen molar-refractivity contribution >= 4 is 11.6 Å². The van der Waals surface area contributed by atoms with E-state index >= 15 is 0 Å². The third kappa shape index (κ3) is 4.34. The van der Waals surface area contributed by atoms with Crippen molar-refractivity contribution in [2.45, 2.75) is 33.7 Å². The van der Waals surface area contributed by atoms with Gasteiger partial charge in [-0.05, 0) is 45.4 Å². The zero-order valence-corrected chi connectivity index (χ0v) is 14.8. The molecule has 8 nitrogen and oxygen atoms in total. The lowest BCUT2D eigenvalue weighted by Crippen LogP contribution is -2.34. The molecule has 8 heteroatoms. The van der Waals surface area contributed by atoms with Gasteiger partial charge in [0, 0.05) is 0 Å². The first kappa shape index (κ1) is 18.4. The molecule has 1 unspecified atom stereocenters. The molecule has 0 aliphatic heterocycles. The van der Waals surface area contributed by atoms with Gasteiger partial charge in [0.25, 0.3) is 0 Å². The molecule has 2 aromatic rings. The van der Waals surface area contributed by atoms with Crippen LogP contribution in [0.3, 0.4) is 0 Å². The third-order valence-corrected chi connectivity index (χ3v) is 3.88. The number of hydrogen-bond donors (Lipinski definition) is 1. The number of benzene rings is 1. The van der Waals surface area contributed by atoms with E-state index in [-0.39, 0.29) is 11.6 Å². The number of nitrogens with zero attached hydrogens (tertiary/aromatic N) is 3. The topological polar surface area (TPSA) is 99.3 Å².